The van der Waals surface area contributed by atoms with Crippen LogP contribution in [0, 0.1) is 10.1 Å². The molecule has 0 fully saturated rings. The first kappa shape index (κ1) is 19.5. The number of benzene rings is 2. The third-order valence-corrected chi connectivity index (χ3v) is 4.31. The fraction of sp³-hybridized carbons (Fsp3) is 0.0588. The van der Waals surface area contributed by atoms with E-state index in [1.807, 2.05) is 0 Å². The van der Waals surface area contributed by atoms with E-state index in [1.165, 1.54) is 12.1 Å². The van der Waals surface area contributed by atoms with Crippen molar-refractivity contribution in [2.45, 2.75) is 6.18 Å². The summed E-state index contributed by atoms with van der Waals surface area (Å²) in [6.07, 6.45) is -3.62. The highest BCUT2D eigenvalue weighted by molar-refractivity contribution is 9.10. The third-order valence-electron chi connectivity index (χ3n) is 3.62. The fourth-order valence-electron chi connectivity index (χ4n) is 2.39. The predicted molar refractivity (Wildman–Crippen MR) is 101 cm³/mol. The Morgan fingerprint density at radius 1 is 0.929 bits per heavy atom. The number of nitrogens with one attached hydrogen (secondary N) is 2. The maximum absolute atomic E-state index is 13.2. The van der Waals surface area contributed by atoms with E-state index in [2.05, 4.69) is 36.5 Å². The van der Waals surface area contributed by atoms with Crippen LogP contribution < -0.4 is 10.6 Å². The van der Waals surface area contributed by atoms with Gasteiger partial charge in [-0.2, -0.15) is 13.2 Å². The molecule has 2 N–H and O–H groups in total. The number of hydrogen-bond donors (Lipinski definition) is 2. The second-order valence-corrected chi connectivity index (χ2v) is 6.30. The lowest BCUT2D eigenvalue weighted by atomic mass is 10.1. The van der Waals surface area contributed by atoms with Crippen molar-refractivity contribution in [1.29, 1.82) is 0 Å². The Hall–Kier alpha value is -3.21. The first-order chi connectivity index (χ1) is 13.3. The van der Waals surface area contributed by atoms with E-state index in [1.54, 1.807) is 24.3 Å². The molecule has 0 saturated heterocycles. The van der Waals surface area contributed by atoms with Crippen LogP contribution in [-0.2, 0) is 6.18 Å². The van der Waals surface area contributed by atoms with Crippen molar-refractivity contribution in [1.82, 2.24) is 9.97 Å². The summed E-state index contributed by atoms with van der Waals surface area (Å²) in [6, 6.07) is 11.5. The summed E-state index contributed by atoms with van der Waals surface area (Å²) in [5.41, 5.74) is -1.42. The first-order valence-electron chi connectivity index (χ1n) is 7.71. The standard InChI is InChI=1S/C17H11BrF3N5O2/c18-11-6-2-4-8-13(11)25-16-14(26(27)28)15(22-9-23-16)24-12-7-3-1-5-10(12)17(19,20)21/h1-9H,(H2,22,23,24,25). The summed E-state index contributed by atoms with van der Waals surface area (Å²) in [7, 11) is 0. The van der Waals surface area contributed by atoms with Crippen molar-refractivity contribution in [3.63, 3.8) is 0 Å². The summed E-state index contributed by atoms with van der Waals surface area (Å²) in [5.74, 6) is -0.537. The Labute approximate surface area is 164 Å². The predicted octanol–water partition coefficient (Wildman–Crippen LogP) is 5.65. The molecule has 0 aliphatic rings. The van der Waals surface area contributed by atoms with E-state index in [-0.39, 0.29) is 17.3 Å². The summed E-state index contributed by atoms with van der Waals surface area (Å²) < 4.78 is 40.2. The van der Waals surface area contributed by atoms with Crippen LogP contribution >= 0.6 is 15.9 Å². The molecule has 0 atom stereocenters. The number of hydrogen-bond acceptors (Lipinski definition) is 6. The molecule has 0 spiro atoms. The summed E-state index contributed by atoms with van der Waals surface area (Å²) in [5, 5.41) is 16.8. The number of halogens is 4. The van der Waals surface area contributed by atoms with Crippen molar-refractivity contribution in [2.75, 3.05) is 10.6 Å². The Morgan fingerprint density at radius 3 is 2.04 bits per heavy atom. The molecule has 0 saturated carbocycles. The van der Waals surface area contributed by atoms with Crippen LogP contribution in [0.5, 0.6) is 0 Å². The quantitative estimate of drug-likeness (QED) is 0.382. The third kappa shape index (κ3) is 4.19. The fourth-order valence-corrected chi connectivity index (χ4v) is 2.78. The van der Waals surface area contributed by atoms with Crippen molar-refractivity contribution < 1.29 is 18.1 Å². The maximum atomic E-state index is 13.2. The van der Waals surface area contributed by atoms with Crippen LogP contribution in [0.3, 0.4) is 0 Å². The molecular weight excluding hydrogens is 443 g/mol. The van der Waals surface area contributed by atoms with E-state index in [0.29, 0.717) is 10.2 Å². The van der Waals surface area contributed by atoms with Gasteiger partial charge in [0, 0.05) is 4.47 Å². The van der Waals surface area contributed by atoms with E-state index in [4.69, 9.17) is 0 Å². The maximum Gasteiger partial charge on any atom is 0.418 e. The molecule has 0 bridgehead atoms. The lowest BCUT2D eigenvalue weighted by Crippen LogP contribution is -2.10. The molecule has 28 heavy (non-hydrogen) atoms. The molecule has 1 aromatic heterocycles. The van der Waals surface area contributed by atoms with Gasteiger partial charge in [0.15, 0.2) is 0 Å². The minimum absolute atomic E-state index is 0.168. The van der Waals surface area contributed by atoms with Crippen molar-refractivity contribution in [3.05, 3.63) is 75.0 Å². The highest BCUT2D eigenvalue weighted by Gasteiger charge is 2.34. The average Bonchev–Trinajstić information content (AvgIpc) is 2.63. The van der Waals surface area contributed by atoms with Crippen LogP contribution in [0.15, 0.2) is 59.3 Å². The first-order valence-corrected chi connectivity index (χ1v) is 8.51. The second-order valence-electron chi connectivity index (χ2n) is 5.45. The average molecular weight is 454 g/mol. The van der Waals surface area contributed by atoms with Crippen LogP contribution in [-0.4, -0.2) is 14.9 Å². The number of aromatic nitrogens is 2. The largest absolute Gasteiger partial charge is 0.418 e. The number of para-hydroxylation sites is 2. The van der Waals surface area contributed by atoms with E-state index in [9.17, 15) is 23.3 Å². The Kier molecular flexibility index (Phi) is 5.45. The Balaban J connectivity index is 2.04. The molecule has 0 amide bonds. The number of nitrogens with zero attached hydrogens (tertiary/aromatic N) is 3. The number of anilines is 4. The monoisotopic (exact) mass is 453 g/mol. The molecule has 0 aliphatic heterocycles. The molecule has 0 aliphatic carbocycles. The van der Waals surface area contributed by atoms with Crippen molar-refractivity contribution in [3.8, 4) is 0 Å². The van der Waals surface area contributed by atoms with Gasteiger partial charge >= 0.3 is 11.9 Å². The smallest absolute Gasteiger partial charge is 0.334 e. The van der Waals surface area contributed by atoms with Crippen molar-refractivity contribution >= 4 is 44.6 Å². The van der Waals surface area contributed by atoms with Gasteiger partial charge in [0.25, 0.3) is 0 Å². The van der Waals surface area contributed by atoms with Gasteiger partial charge in [-0.15, -0.1) is 0 Å². The lowest BCUT2D eigenvalue weighted by Gasteiger charge is -2.15. The van der Waals surface area contributed by atoms with Gasteiger partial charge in [-0.05, 0) is 40.2 Å². The van der Waals surface area contributed by atoms with Gasteiger partial charge in [-0.25, -0.2) is 9.97 Å². The molecule has 1 heterocycles. The Morgan fingerprint density at radius 2 is 1.46 bits per heavy atom. The molecular formula is C17H11BrF3N5O2. The molecule has 7 nitrogen and oxygen atoms in total. The van der Waals surface area contributed by atoms with Gasteiger partial charge in [0.2, 0.25) is 11.6 Å². The topological polar surface area (TPSA) is 93.0 Å². The molecule has 2 aromatic carbocycles. The number of alkyl halides is 3. The lowest BCUT2D eigenvalue weighted by molar-refractivity contribution is -0.383. The molecule has 3 aromatic rings. The highest BCUT2D eigenvalue weighted by atomic mass is 79.9. The molecule has 0 radical (unpaired) electrons. The van der Waals surface area contributed by atoms with Gasteiger partial charge in [-0.1, -0.05) is 24.3 Å². The Bertz CT molecular complexity index is 1030. The highest BCUT2D eigenvalue weighted by Crippen LogP contribution is 2.39. The number of rotatable bonds is 5. The molecule has 144 valence electrons. The van der Waals surface area contributed by atoms with Crippen LogP contribution in [0.1, 0.15) is 5.56 Å². The minimum atomic E-state index is -4.64. The van der Waals surface area contributed by atoms with Crippen LogP contribution in [0.25, 0.3) is 0 Å². The van der Waals surface area contributed by atoms with E-state index >= 15 is 0 Å². The normalized spacial score (nSPS) is 11.1. The second kappa shape index (κ2) is 7.80. The summed E-state index contributed by atoms with van der Waals surface area (Å²) in [4.78, 5) is 18.5. The van der Waals surface area contributed by atoms with Gasteiger partial charge in [0.1, 0.15) is 6.33 Å². The zero-order chi connectivity index (χ0) is 20.3. The van der Waals surface area contributed by atoms with E-state index < -0.39 is 22.4 Å². The SMILES string of the molecule is O=[N+]([O-])c1c(Nc2ccccc2Br)ncnc1Nc1ccccc1C(F)(F)F. The molecule has 3 rings (SSSR count). The number of nitro groups is 1. The molecule has 11 heteroatoms. The van der Waals surface area contributed by atoms with Crippen molar-refractivity contribution in [2.24, 2.45) is 0 Å². The van der Waals surface area contributed by atoms with Crippen LogP contribution in [0.4, 0.5) is 41.9 Å². The van der Waals surface area contributed by atoms with Gasteiger partial charge in [-0.3, -0.25) is 10.1 Å². The zero-order valence-electron chi connectivity index (χ0n) is 13.9. The van der Waals surface area contributed by atoms with Gasteiger partial charge < -0.3 is 10.6 Å². The zero-order valence-corrected chi connectivity index (χ0v) is 15.5. The summed E-state index contributed by atoms with van der Waals surface area (Å²) in [6.45, 7) is 0. The van der Waals surface area contributed by atoms with E-state index in [0.717, 1.165) is 18.5 Å². The minimum Gasteiger partial charge on any atom is -0.334 e. The van der Waals surface area contributed by atoms with Gasteiger partial charge in [0.05, 0.1) is 21.9 Å². The molecule has 0 unspecified atom stereocenters. The summed E-state index contributed by atoms with van der Waals surface area (Å²) >= 11 is 3.30. The van der Waals surface area contributed by atoms with Crippen LogP contribution in [0.2, 0.25) is 0 Å².